The van der Waals surface area contributed by atoms with Gasteiger partial charge in [-0.2, -0.15) is 0 Å². The molecule has 1 aromatic heterocycles. The molecule has 74 valence electrons. The van der Waals surface area contributed by atoms with Gasteiger partial charge in [0.05, 0.1) is 5.69 Å². The lowest BCUT2D eigenvalue weighted by molar-refractivity contribution is 0.311. The first kappa shape index (κ1) is 9.19. The van der Waals surface area contributed by atoms with Gasteiger partial charge in [0.15, 0.2) is 0 Å². The highest BCUT2D eigenvalue weighted by Gasteiger charge is 2.04. The van der Waals surface area contributed by atoms with E-state index >= 15 is 0 Å². The van der Waals surface area contributed by atoms with Gasteiger partial charge in [0, 0.05) is 25.5 Å². The van der Waals surface area contributed by atoms with Gasteiger partial charge >= 0.3 is 0 Å². The Kier molecular flexibility index (Phi) is 3.11. The van der Waals surface area contributed by atoms with Crippen LogP contribution in [-0.2, 0) is 0 Å². The molecule has 0 bridgehead atoms. The summed E-state index contributed by atoms with van der Waals surface area (Å²) >= 11 is 0. The zero-order chi connectivity index (χ0) is 9.64. The molecule has 0 aromatic carbocycles. The monoisotopic (exact) mass is 189 g/mol. The van der Waals surface area contributed by atoms with Crippen LogP contribution in [0.3, 0.4) is 0 Å². The van der Waals surface area contributed by atoms with Crippen molar-refractivity contribution in [1.82, 2.24) is 14.9 Å². The normalized spacial score (nSPS) is 17.6. The van der Waals surface area contributed by atoms with Crippen molar-refractivity contribution in [3.8, 4) is 0 Å². The Labute approximate surface area is 84.5 Å². The van der Waals surface area contributed by atoms with Crippen molar-refractivity contribution < 1.29 is 0 Å². The molecule has 0 spiro atoms. The van der Waals surface area contributed by atoms with Crippen molar-refractivity contribution >= 4 is 6.08 Å². The summed E-state index contributed by atoms with van der Waals surface area (Å²) in [7, 11) is 0. The molecule has 14 heavy (non-hydrogen) atoms. The molecule has 2 rings (SSSR count). The summed E-state index contributed by atoms with van der Waals surface area (Å²) in [6, 6.07) is 1.92. The number of rotatable bonds is 2. The van der Waals surface area contributed by atoms with E-state index in [9.17, 15) is 0 Å². The topological polar surface area (TPSA) is 29.0 Å². The highest BCUT2D eigenvalue weighted by Crippen LogP contribution is 2.09. The van der Waals surface area contributed by atoms with Crippen LogP contribution in [0.4, 0.5) is 0 Å². The first-order valence-corrected chi connectivity index (χ1v) is 5.13. The number of likely N-dealkylation sites (tertiary alicyclic amines) is 1. The average molecular weight is 189 g/mol. The van der Waals surface area contributed by atoms with Crippen LogP contribution < -0.4 is 0 Å². The van der Waals surface area contributed by atoms with E-state index in [1.54, 1.807) is 12.5 Å². The van der Waals surface area contributed by atoms with Crippen LogP contribution in [0.25, 0.3) is 6.08 Å². The van der Waals surface area contributed by atoms with Gasteiger partial charge in [0.2, 0.25) is 0 Å². The standard InChI is InChI=1S/C11H15N3/c1-2-7-14(8-3-1)9-5-11-4-6-12-10-13-11/h4-6,9-10H,1-3,7-8H2/b9-5+. The second kappa shape index (κ2) is 4.74. The van der Waals surface area contributed by atoms with Crippen molar-refractivity contribution in [3.05, 3.63) is 30.5 Å². The lowest BCUT2D eigenvalue weighted by Gasteiger charge is -2.24. The highest BCUT2D eigenvalue weighted by atomic mass is 15.1. The maximum Gasteiger partial charge on any atom is 0.115 e. The summed E-state index contributed by atoms with van der Waals surface area (Å²) in [5.74, 6) is 0. The van der Waals surface area contributed by atoms with Crippen LogP contribution in [-0.4, -0.2) is 28.0 Å². The minimum atomic E-state index is 0.977. The smallest absolute Gasteiger partial charge is 0.115 e. The first-order chi connectivity index (χ1) is 6.95. The molecule has 1 aliphatic rings. The van der Waals surface area contributed by atoms with Crippen LogP contribution in [0.1, 0.15) is 25.0 Å². The molecule has 1 fully saturated rings. The van der Waals surface area contributed by atoms with Gasteiger partial charge in [-0.15, -0.1) is 0 Å². The fourth-order valence-electron chi connectivity index (χ4n) is 1.65. The maximum absolute atomic E-state index is 4.14. The van der Waals surface area contributed by atoms with Crippen LogP contribution in [0.15, 0.2) is 24.8 Å². The average Bonchev–Trinajstić information content (AvgIpc) is 2.29. The van der Waals surface area contributed by atoms with Gasteiger partial charge < -0.3 is 4.90 Å². The van der Waals surface area contributed by atoms with E-state index in [-0.39, 0.29) is 0 Å². The summed E-state index contributed by atoms with van der Waals surface area (Å²) in [4.78, 5) is 10.4. The summed E-state index contributed by atoms with van der Waals surface area (Å²) in [6.45, 7) is 2.36. The molecule has 0 radical (unpaired) electrons. The molecule has 0 amide bonds. The van der Waals surface area contributed by atoms with E-state index in [1.807, 2.05) is 12.1 Å². The van der Waals surface area contributed by atoms with Gasteiger partial charge in [-0.05, 0) is 31.4 Å². The first-order valence-electron chi connectivity index (χ1n) is 5.13. The Morgan fingerprint density at radius 1 is 1.21 bits per heavy atom. The summed E-state index contributed by atoms with van der Waals surface area (Å²) < 4.78 is 0. The number of nitrogens with zero attached hydrogens (tertiary/aromatic N) is 3. The fraction of sp³-hybridized carbons (Fsp3) is 0.455. The van der Waals surface area contributed by atoms with Crippen LogP contribution in [0.5, 0.6) is 0 Å². The summed E-state index contributed by atoms with van der Waals surface area (Å²) in [6.07, 6.45) is 11.5. The second-order valence-corrected chi connectivity index (χ2v) is 3.55. The SMILES string of the molecule is C(=C\N1CCCCC1)/c1ccncn1. The van der Waals surface area contributed by atoms with Gasteiger partial charge in [-0.3, -0.25) is 0 Å². The summed E-state index contributed by atoms with van der Waals surface area (Å²) in [5.41, 5.74) is 0.977. The molecule has 3 nitrogen and oxygen atoms in total. The molecule has 2 heterocycles. The minimum Gasteiger partial charge on any atom is -0.377 e. The lowest BCUT2D eigenvalue weighted by Crippen LogP contribution is -2.23. The van der Waals surface area contributed by atoms with Crippen molar-refractivity contribution in [2.75, 3.05) is 13.1 Å². The van der Waals surface area contributed by atoms with Gasteiger partial charge in [-0.1, -0.05) is 0 Å². The van der Waals surface area contributed by atoms with Crippen molar-refractivity contribution in [3.63, 3.8) is 0 Å². The van der Waals surface area contributed by atoms with Gasteiger partial charge in [-0.25, -0.2) is 9.97 Å². The Balaban J connectivity index is 1.93. The van der Waals surface area contributed by atoms with Crippen molar-refractivity contribution in [1.29, 1.82) is 0 Å². The largest absolute Gasteiger partial charge is 0.377 e. The van der Waals surface area contributed by atoms with Crippen LogP contribution >= 0.6 is 0 Å². The van der Waals surface area contributed by atoms with E-state index in [2.05, 4.69) is 21.1 Å². The third-order valence-corrected chi connectivity index (χ3v) is 2.45. The highest BCUT2D eigenvalue weighted by molar-refractivity contribution is 5.42. The van der Waals surface area contributed by atoms with Gasteiger partial charge in [0.1, 0.15) is 6.33 Å². The predicted octanol–water partition coefficient (Wildman–Crippen LogP) is 1.93. The Morgan fingerprint density at radius 3 is 2.79 bits per heavy atom. The van der Waals surface area contributed by atoms with E-state index in [4.69, 9.17) is 0 Å². The molecule has 1 aliphatic heterocycles. The van der Waals surface area contributed by atoms with E-state index < -0.39 is 0 Å². The zero-order valence-electron chi connectivity index (χ0n) is 8.26. The fourth-order valence-corrected chi connectivity index (χ4v) is 1.65. The number of hydrogen-bond acceptors (Lipinski definition) is 3. The molecule has 0 N–H and O–H groups in total. The third kappa shape index (κ3) is 2.55. The van der Waals surface area contributed by atoms with Crippen molar-refractivity contribution in [2.45, 2.75) is 19.3 Å². The molecule has 1 saturated heterocycles. The second-order valence-electron chi connectivity index (χ2n) is 3.55. The number of hydrogen-bond donors (Lipinski definition) is 0. The van der Waals surface area contributed by atoms with Crippen LogP contribution in [0, 0.1) is 0 Å². The number of aromatic nitrogens is 2. The van der Waals surface area contributed by atoms with Gasteiger partial charge in [0.25, 0.3) is 0 Å². The quantitative estimate of drug-likeness (QED) is 0.712. The Morgan fingerprint density at radius 2 is 2.07 bits per heavy atom. The molecule has 3 heteroatoms. The minimum absolute atomic E-state index is 0.977. The molecular formula is C11H15N3. The molecule has 1 aromatic rings. The summed E-state index contributed by atoms with van der Waals surface area (Å²) in [5, 5.41) is 0. The number of piperidine rings is 1. The van der Waals surface area contributed by atoms with Crippen LogP contribution in [0.2, 0.25) is 0 Å². The lowest BCUT2D eigenvalue weighted by atomic mass is 10.1. The molecular weight excluding hydrogens is 174 g/mol. The molecule has 0 unspecified atom stereocenters. The van der Waals surface area contributed by atoms with Crippen molar-refractivity contribution in [2.24, 2.45) is 0 Å². The van der Waals surface area contributed by atoms with E-state index in [0.717, 1.165) is 5.69 Å². The maximum atomic E-state index is 4.14. The Bertz CT molecular complexity index is 289. The van der Waals surface area contributed by atoms with E-state index in [1.165, 1.54) is 32.4 Å². The molecule has 0 aliphatic carbocycles. The van der Waals surface area contributed by atoms with E-state index in [0.29, 0.717) is 0 Å². The third-order valence-electron chi connectivity index (χ3n) is 2.45. The molecule has 0 saturated carbocycles. The predicted molar refractivity (Wildman–Crippen MR) is 56.5 cm³/mol. The Hall–Kier alpha value is -1.38. The molecule has 0 atom stereocenters. The zero-order valence-corrected chi connectivity index (χ0v) is 8.26.